The lowest BCUT2D eigenvalue weighted by atomic mass is 9.82. The van der Waals surface area contributed by atoms with Crippen LogP contribution in [0, 0.1) is 5.92 Å². The SMILES string of the molecule is COC(=O)CCC1CCC(N(C(=O)Nc2cnc3c(n2)CCN(C)CC3)C(C)C(OC)OC)CC1. The minimum Gasteiger partial charge on any atom is -0.469 e. The molecule has 2 aliphatic rings. The summed E-state index contributed by atoms with van der Waals surface area (Å²) < 4.78 is 15.8. The zero-order chi connectivity index (χ0) is 25.4. The van der Waals surface area contributed by atoms with Gasteiger partial charge in [0.15, 0.2) is 12.1 Å². The smallest absolute Gasteiger partial charge is 0.323 e. The van der Waals surface area contributed by atoms with Gasteiger partial charge in [-0.2, -0.15) is 0 Å². The second-order valence-corrected chi connectivity index (χ2v) is 9.66. The Morgan fingerprint density at radius 3 is 2.40 bits per heavy atom. The summed E-state index contributed by atoms with van der Waals surface area (Å²) in [5.41, 5.74) is 1.95. The first kappa shape index (κ1) is 27.3. The molecule has 1 aliphatic carbocycles. The highest BCUT2D eigenvalue weighted by Crippen LogP contribution is 2.32. The average molecular weight is 492 g/mol. The third-order valence-corrected chi connectivity index (χ3v) is 7.35. The number of ether oxygens (including phenoxy) is 3. The first-order valence-corrected chi connectivity index (χ1v) is 12.6. The fourth-order valence-electron chi connectivity index (χ4n) is 5.24. The second-order valence-electron chi connectivity index (χ2n) is 9.66. The van der Waals surface area contributed by atoms with E-state index in [-0.39, 0.29) is 24.1 Å². The molecule has 1 N–H and O–H groups in total. The monoisotopic (exact) mass is 491 g/mol. The maximum absolute atomic E-state index is 13.6. The van der Waals surface area contributed by atoms with Crippen LogP contribution >= 0.6 is 0 Å². The lowest BCUT2D eigenvalue weighted by molar-refractivity contribution is -0.142. The number of carbonyl (C=O) groups excluding carboxylic acids is 2. The zero-order valence-electron chi connectivity index (χ0n) is 21.8. The van der Waals surface area contributed by atoms with Crippen molar-refractivity contribution >= 4 is 17.8 Å². The Bertz CT molecular complexity index is 842. The van der Waals surface area contributed by atoms with E-state index in [4.69, 9.17) is 19.2 Å². The first-order valence-electron chi connectivity index (χ1n) is 12.6. The molecule has 2 amide bonds. The van der Waals surface area contributed by atoms with Crippen molar-refractivity contribution in [2.24, 2.45) is 5.92 Å². The summed E-state index contributed by atoms with van der Waals surface area (Å²) in [6.07, 6.45) is 7.65. The number of amides is 2. The number of likely N-dealkylation sites (N-methyl/N-ethyl adjacent to an activating group) is 1. The van der Waals surface area contributed by atoms with Gasteiger partial charge in [0.2, 0.25) is 0 Å². The molecular formula is C25H41N5O5. The molecule has 35 heavy (non-hydrogen) atoms. The van der Waals surface area contributed by atoms with Gasteiger partial charge in [-0.15, -0.1) is 0 Å². The van der Waals surface area contributed by atoms with Crippen LogP contribution < -0.4 is 5.32 Å². The molecule has 10 heteroatoms. The molecule has 1 unspecified atom stereocenters. The molecule has 0 aromatic carbocycles. The Labute approximate surface area is 208 Å². The molecule has 1 saturated carbocycles. The summed E-state index contributed by atoms with van der Waals surface area (Å²) in [5, 5.41) is 2.99. The largest absolute Gasteiger partial charge is 0.469 e. The van der Waals surface area contributed by atoms with Gasteiger partial charge in [0, 0.05) is 52.6 Å². The number of aromatic nitrogens is 2. The molecule has 2 heterocycles. The van der Waals surface area contributed by atoms with Gasteiger partial charge >= 0.3 is 12.0 Å². The number of carbonyl (C=O) groups is 2. The Morgan fingerprint density at radius 2 is 1.77 bits per heavy atom. The molecule has 0 spiro atoms. The van der Waals surface area contributed by atoms with E-state index in [0.29, 0.717) is 18.2 Å². The fourth-order valence-corrected chi connectivity index (χ4v) is 5.24. The number of urea groups is 1. The van der Waals surface area contributed by atoms with Crippen molar-refractivity contribution in [3.8, 4) is 0 Å². The molecular weight excluding hydrogens is 450 g/mol. The summed E-state index contributed by atoms with van der Waals surface area (Å²) >= 11 is 0. The second kappa shape index (κ2) is 13.1. The van der Waals surface area contributed by atoms with Crippen LogP contribution in [0.3, 0.4) is 0 Å². The summed E-state index contributed by atoms with van der Waals surface area (Å²) in [6, 6.07) is -0.492. The first-order chi connectivity index (χ1) is 16.9. The van der Waals surface area contributed by atoms with Crippen LogP contribution in [-0.4, -0.2) is 91.6 Å². The highest BCUT2D eigenvalue weighted by Gasteiger charge is 2.36. The molecule has 0 radical (unpaired) electrons. The van der Waals surface area contributed by atoms with E-state index >= 15 is 0 Å². The van der Waals surface area contributed by atoms with E-state index in [9.17, 15) is 9.59 Å². The predicted molar refractivity (Wildman–Crippen MR) is 132 cm³/mol. The molecule has 1 atom stereocenters. The molecule has 0 bridgehead atoms. The molecule has 10 nitrogen and oxygen atoms in total. The van der Waals surface area contributed by atoms with Gasteiger partial charge in [-0.25, -0.2) is 9.78 Å². The van der Waals surface area contributed by atoms with Crippen molar-refractivity contribution < 1.29 is 23.8 Å². The third kappa shape index (κ3) is 7.35. The average Bonchev–Trinajstić information content (AvgIpc) is 3.05. The molecule has 1 aromatic heterocycles. The molecule has 0 saturated heterocycles. The minimum absolute atomic E-state index is 0.0367. The number of esters is 1. The minimum atomic E-state index is -0.550. The molecule has 1 aromatic rings. The Kier molecular flexibility index (Phi) is 10.2. The van der Waals surface area contributed by atoms with Gasteiger partial charge in [-0.05, 0) is 52.0 Å². The molecule has 1 aliphatic heterocycles. The van der Waals surface area contributed by atoms with Crippen molar-refractivity contribution in [3.63, 3.8) is 0 Å². The number of anilines is 1. The van der Waals surface area contributed by atoms with Crippen LogP contribution in [-0.2, 0) is 31.8 Å². The van der Waals surface area contributed by atoms with Crippen LogP contribution in [0.25, 0.3) is 0 Å². The summed E-state index contributed by atoms with van der Waals surface area (Å²) in [6.45, 7) is 3.82. The fraction of sp³-hybridized carbons (Fsp3) is 0.760. The van der Waals surface area contributed by atoms with E-state index in [2.05, 4.69) is 22.2 Å². The number of hydrogen-bond acceptors (Lipinski definition) is 8. The summed E-state index contributed by atoms with van der Waals surface area (Å²) in [7, 11) is 6.69. The number of fused-ring (bicyclic) bond motifs is 1. The van der Waals surface area contributed by atoms with Crippen molar-refractivity contribution in [2.45, 2.75) is 76.7 Å². The van der Waals surface area contributed by atoms with E-state index in [0.717, 1.165) is 69.4 Å². The van der Waals surface area contributed by atoms with Gasteiger partial charge in [0.25, 0.3) is 0 Å². The topological polar surface area (TPSA) is 106 Å². The van der Waals surface area contributed by atoms with Crippen LogP contribution in [0.15, 0.2) is 6.20 Å². The van der Waals surface area contributed by atoms with Gasteiger partial charge in [0.1, 0.15) is 0 Å². The van der Waals surface area contributed by atoms with E-state index in [1.807, 2.05) is 11.8 Å². The van der Waals surface area contributed by atoms with Crippen LogP contribution in [0.2, 0.25) is 0 Å². The number of hydrogen-bond donors (Lipinski definition) is 1. The summed E-state index contributed by atoms with van der Waals surface area (Å²) in [4.78, 5) is 38.5. The highest BCUT2D eigenvalue weighted by atomic mass is 16.7. The maximum atomic E-state index is 13.6. The van der Waals surface area contributed by atoms with Gasteiger partial charge in [-0.3, -0.25) is 15.1 Å². The number of rotatable bonds is 9. The van der Waals surface area contributed by atoms with Crippen LogP contribution in [0.5, 0.6) is 0 Å². The van der Waals surface area contributed by atoms with Crippen LogP contribution in [0.1, 0.15) is 56.8 Å². The highest BCUT2D eigenvalue weighted by molar-refractivity contribution is 5.88. The number of nitrogens with one attached hydrogen (secondary N) is 1. The van der Waals surface area contributed by atoms with Gasteiger partial charge in [0.05, 0.1) is 30.7 Å². The zero-order valence-corrected chi connectivity index (χ0v) is 21.8. The van der Waals surface area contributed by atoms with Crippen molar-refractivity contribution in [3.05, 3.63) is 17.6 Å². The lowest BCUT2D eigenvalue weighted by Crippen LogP contribution is -2.54. The Morgan fingerprint density at radius 1 is 1.11 bits per heavy atom. The molecule has 196 valence electrons. The Balaban J connectivity index is 1.70. The Hall–Kier alpha value is -2.30. The molecule has 3 rings (SSSR count). The van der Waals surface area contributed by atoms with E-state index in [1.165, 1.54) is 7.11 Å². The van der Waals surface area contributed by atoms with Gasteiger partial charge < -0.3 is 24.0 Å². The number of nitrogens with zero attached hydrogens (tertiary/aromatic N) is 4. The standard InChI is InChI=1S/C25H41N5O5/c1-17(24(34-4)35-5)30(19-9-6-18(7-10-19)8-11-23(31)33-3)25(32)28-22-16-26-20-12-14-29(2)15-13-21(20)27-22/h16-19,24H,6-15H2,1-5H3,(H,27,28,32). The number of methoxy groups -OCH3 is 3. The van der Waals surface area contributed by atoms with Crippen molar-refractivity contribution in [2.75, 3.05) is 46.8 Å². The van der Waals surface area contributed by atoms with Crippen molar-refractivity contribution in [1.82, 2.24) is 19.8 Å². The summed E-state index contributed by atoms with van der Waals surface area (Å²) in [5.74, 6) is 0.756. The maximum Gasteiger partial charge on any atom is 0.323 e. The van der Waals surface area contributed by atoms with Gasteiger partial charge in [-0.1, -0.05) is 0 Å². The van der Waals surface area contributed by atoms with E-state index < -0.39 is 6.29 Å². The van der Waals surface area contributed by atoms with E-state index in [1.54, 1.807) is 20.4 Å². The predicted octanol–water partition coefficient (Wildman–Crippen LogP) is 2.86. The quantitative estimate of drug-likeness (QED) is 0.415. The molecule has 1 fully saturated rings. The van der Waals surface area contributed by atoms with Crippen LogP contribution in [0.4, 0.5) is 10.6 Å². The third-order valence-electron chi connectivity index (χ3n) is 7.35. The van der Waals surface area contributed by atoms with Crippen molar-refractivity contribution in [1.29, 1.82) is 0 Å². The normalized spacial score (nSPS) is 21.7. The lowest BCUT2D eigenvalue weighted by Gasteiger charge is -2.41.